The molecule has 0 saturated heterocycles. The van der Waals surface area contributed by atoms with E-state index in [0.29, 0.717) is 6.61 Å². The summed E-state index contributed by atoms with van der Waals surface area (Å²) in [4.78, 5) is 0. The molecule has 0 aromatic rings. The third kappa shape index (κ3) is 5.92. The van der Waals surface area contributed by atoms with Crippen LogP contribution < -0.4 is 17.0 Å². The maximum Gasteiger partial charge on any atom is 0.0822 e. The summed E-state index contributed by atoms with van der Waals surface area (Å²) in [6, 6.07) is 0. The first kappa shape index (κ1) is 26.8. The zero-order valence-electron chi connectivity index (χ0n) is 21.9. The molecule has 2 rings (SSSR count). The summed E-state index contributed by atoms with van der Waals surface area (Å²) in [7, 11) is 1.77. The molecule has 0 aromatic heterocycles. The number of hydrazine groups is 1. The quantitative estimate of drug-likeness (QED) is 0.294. The third-order valence-electron chi connectivity index (χ3n) is 8.28. The molecule has 2 bridgehead atoms. The van der Waals surface area contributed by atoms with E-state index in [1.54, 1.807) is 7.11 Å². The van der Waals surface area contributed by atoms with E-state index in [2.05, 4.69) is 73.0 Å². The lowest BCUT2D eigenvalue weighted by atomic mass is 9.54. The van der Waals surface area contributed by atoms with Crippen molar-refractivity contribution in [2.45, 2.75) is 123 Å². The highest BCUT2D eigenvalue weighted by Crippen LogP contribution is 2.57. The molecule has 5 atom stereocenters. The van der Waals surface area contributed by atoms with E-state index in [-0.39, 0.29) is 33.5 Å². The summed E-state index contributed by atoms with van der Waals surface area (Å²) in [5.74, 6) is 6.37. The van der Waals surface area contributed by atoms with Gasteiger partial charge in [0, 0.05) is 23.6 Å². The lowest BCUT2D eigenvalue weighted by molar-refractivity contribution is -0.0787. The highest BCUT2D eigenvalue weighted by Gasteiger charge is 2.56. The van der Waals surface area contributed by atoms with Crippen LogP contribution in [0.3, 0.4) is 0 Å². The van der Waals surface area contributed by atoms with Crippen LogP contribution in [0.25, 0.3) is 0 Å². The van der Waals surface area contributed by atoms with Gasteiger partial charge in [-0.2, -0.15) is 0 Å². The summed E-state index contributed by atoms with van der Waals surface area (Å²) in [6.07, 6.45) is 11.6. The van der Waals surface area contributed by atoms with Gasteiger partial charge in [-0.3, -0.25) is 11.3 Å². The van der Waals surface area contributed by atoms with Crippen LogP contribution in [0.4, 0.5) is 0 Å². The fourth-order valence-corrected chi connectivity index (χ4v) is 5.97. The number of allylic oxidation sites excluding steroid dienone is 1. The number of hydrogen-bond acceptors (Lipinski definition) is 5. The van der Waals surface area contributed by atoms with Gasteiger partial charge in [-0.05, 0) is 76.5 Å². The molecule has 5 nitrogen and oxygen atoms in total. The molecule has 1 saturated carbocycles. The third-order valence-corrected chi connectivity index (χ3v) is 8.28. The Hall–Kier alpha value is -0.460. The molecule has 0 amide bonds. The summed E-state index contributed by atoms with van der Waals surface area (Å²) in [6.45, 7) is 18.5. The molecular weight excluding hydrogens is 386 g/mol. The van der Waals surface area contributed by atoms with E-state index in [1.165, 1.54) is 0 Å². The van der Waals surface area contributed by atoms with Crippen LogP contribution in [-0.2, 0) is 9.47 Å². The maximum atomic E-state index is 7.35. The van der Waals surface area contributed by atoms with E-state index >= 15 is 0 Å². The van der Waals surface area contributed by atoms with Crippen molar-refractivity contribution in [1.82, 2.24) is 5.43 Å². The monoisotopic (exact) mass is 437 g/mol. The van der Waals surface area contributed by atoms with Gasteiger partial charge in [0.2, 0.25) is 0 Å². The number of ether oxygens (including phenoxy) is 2. The Kier molecular flexibility index (Phi) is 7.83. The Morgan fingerprint density at radius 1 is 1.03 bits per heavy atom. The fourth-order valence-electron chi connectivity index (χ4n) is 5.97. The molecular formula is C26H51N3O2. The first-order valence-electron chi connectivity index (χ1n) is 12.1. The van der Waals surface area contributed by atoms with Crippen molar-refractivity contribution in [3.05, 3.63) is 12.2 Å². The molecule has 31 heavy (non-hydrogen) atoms. The minimum absolute atomic E-state index is 0.0358. The Labute approximate surface area is 192 Å². The highest BCUT2D eigenvalue weighted by molar-refractivity contribution is 5.20. The lowest BCUT2D eigenvalue weighted by Crippen LogP contribution is -2.65. The molecule has 0 aromatic carbocycles. The normalized spacial score (nSPS) is 37.9. The standard InChI is InChI=1S/C26H51N3O2/c1-21(2,3)19-26(29-28)16-15-25(27,17-20(30-9)18-31-22(4,5)6)23(7)11-10-12-24(26,8)14-13-23/h10-11,20,29H,12-19,27-28H2,1-9H3. The van der Waals surface area contributed by atoms with Crippen LogP contribution in [0.15, 0.2) is 12.2 Å². The number of rotatable bonds is 7. The maximum absolute atomic E-state index is 7.35. The van der Waals surface area contributed by atoms with Crippen LogP contribution in [0.1, 0.15) is 100 Å². The van der Waals surface area contributed by atoms with Gasteiger partial charge in [-0.15, -0.1) is 0 Å². The van der Waals surface area contributed by atoms with Crippen LogP contribution >= 0.6 is 0 Å². The second kappa shape index (κ2) is 9.06. The summed E-state index contributed by atoms with van der Waals surface area (Å²) >= 11 is 0. The van der Waals surface area contributed by atoms with Gasteiger partial charge in [0.1, 0.15) is 0 Å². The number of fused-ring (bicyclic) bond motifs is 3. The SMILES string of the molecule is COC(COC(C)(C)C)CC1(N)CCC(CC(C)(C)C)(NN)C2(C)CC=CC1(C)CC2. The van der Waals surface area contributed by atoms with Crippen molar-refractivity contribution in [1.29, 1.82) is 0 Å². The fraction of sp³-hybridized carbons (Fsp3) is 0.923. The van der Waals surface area contributed by atoms with Crippen LogP contribution in [0, 0.1) is 16.2 Å². The number of hydrogen-bond donors (Lipinski definition) is 3. The van der Waals surface area contributed by atoms with E-state index < -0.39 is 5.54 Å². The summed E-state index contributed by atoms with van der Waals surface area (Å²) in [5, 5.41) is 0. The molecule has 5 N–H and O–H groups in total. The molecule has 0 aliphatic heterocycles. The largest absolute Gasteiger partial charge is 0.379 e. The minimum Gasteiger partial charge on any atom is -0.379 e. The minimum atomic E-state index is -0.392. The Bertz CT molecular complexity index is 638. The molecule has 1 fully saturated rings. The smallest absolute Gasteiger partial charge is 0.0822 e. The van der Waals surface area contributed by atoms with Gasteiger partial charge in [-0.25, -0.2) is 0 Å². The molecule has 5 heteroatoms. The van der Waals surface area contributed by atoms with E-state index in [0.717, 1.165) is 44.9 Å². The van der Waals surface area contributed by atoms with Crippen molar-refractivity contribution in [3.63, 3.8) is 0 Å². The number of nitrogens with one attached hydrogen (secondary N) is 1. The molecule has 2 aliphatic carbocycles. The Balaban J connectivity index is 2.41. The van der Waals surface area contributed by atoms with Gasteiger partial charge in [-0.1, -0.05) is 46.8 Å². The summed E-state index contributed by atoms with van der Waals surface area (Å²) in [5.41, 5.74) is 10.2. The molecule has 2 aliphatic rings. The van der Waals surface area contributed by atoms with Crippen LogP contribution in [0.2, 0.25) is 0 Å². The summed E-state index contributed by atoms with van der Waals surface area (Å²) < 4.78 is 12.0. The van der Waals surface area contributed by atoms with Gasteiger partial charge >= 0.3 is 0 Å². The first-order chi connectivity index (χ1) is 14.0. The topological polar surface area (TPSA) is 82.5 Å². The first-order valence-corrected chi connectivity index (χ1v) is 12.1. The van der Waals surface area contributed by atoms with Crippen molar-refractivity contribution in [2.24, 2.45) is 27.8 Å². The van der Waals surface area contributed by atoms with Gasteiger partial charge in [0.15, 0.2) is 0 Å². The van der Waals surface area contributed by atoms with Crippen LogP contribution in [0.5, 0.6) is 0 Å². The van der Waals surface area contributed by atoms with Crippen molar-refractivity contribution < 1.29 is 9.47 Å². The number of nitrogens with two attached hydrogens (primary N) is 2. The second-order valence-electron chi connectivity index (χ2n) is 13.2. The molecule has 0 heterocycles. The zero-order valence-corrected chi connectivity index (χ0v) is 21.9. The van der Waals surface area contributed by atoms with Crippen molar-refractivity contribution in [3.8, 4) is 0 Å². The van der Waals surface area contributed by atoms with Crippen molar-refractivity contribution in [2.75, 3.05) is 13.7 Å². The zero-order chi connectivity index (χ0) is 23.8. The number of methoxy groups -OCH3 is 1. The average Bonchev–Trinajstić information content (AvgIpc) is 2.79. The predicted molar refractivity (Wildman–Crippen MR) is 131 cm³/mol. The van der Waals surface area contributed by atoms with Gasteiger partial charge < -0.3 is 15.2 Å². The molecule has 182 valence electrons. The Morgan fingerprint density at radius 3 is 2.19 bits per heavy atom. The molecule has 5 unspecified atom stereocenters. The van der Waals surface area contributed by atoms with Crippen LogP contribution in [-0.4, -0.2) is 36.5 Å². The van der Waals surface area contributed by atoms with Crippen molar-refractivity contribution >= 4 is 0 Å². The van der Waals surface area contributed by atoms with Gasteiger partial charge in [0.05, 0.1) is 18.3 Å². The molecule has 0 spiro atoms. The highest BCUT2D eigenvalue weighted by atomic mass is 16.5. The molecule has 0 radical (unpaired) electrons. The predicted octanol–water partition coefficient (Wildman–Crippen LogP) is 5.09. The average molecular weight is 438 g/mol. The lowest BCUT2D eigenvalue weighted by Gasteiger charge is -2.56. The van der Waals surface area contributed by atoms with E-state index in [9.17, 15) is 0 Å². The second-order valence-corrected chi connectivity index (χ2v) is 13.2. The van der Waals surface area contributed by atoms with E-state index in [4.69, 9.17) is 21.1 Å². The van der Waals surface area contributed by atoms with E-state index in [1.807, 2.05) is 0 Å². The Morgan fingerprint density at radius 2 is 1.68 bits per heavy atom. The van der Waals surface area contributed by atoms with Gasteiger partial charge in [0.25, 0.3) is 0 Å².